The van der Waals surface area contributed by atoms with Crippen molar-refractivity contribution in [2.75, 3.05) is 19.8 Å². The molecule has 1 heterocycles. The summed E-state index contributed by atoms with van der Waals surface area (Å²) in [7, 11) is 2.04. The summed E-state index contributed by atoms with van der Waals surface area (Å²) < 4.78 is 8.65. The summed E-state index contributed by atoms with van der Waals surface area (Å²) in [5.74, 6) is 0. The van der Waals surface area contributed by atoms with Crippen LogP contribution in [0.3, 0.4) is 0 Å². The molecule has 0 bridgehead atoms. The minimum atomic E-state index is 0.488. The van der Waals surface area contributed by atoms with Crippen molar-refractivity contribution in [1.82, 2.24) is 15.1 Å². The van der Waals surface area contributed by atoms with Crippen molar-refractivity contribution in [3.05, 3.63) is 15.9 Å². The van der Waals surface area contributed by atoms with E-state index in [4.69, 9.17) is 4.74 Å². The lowest BCUT2D eigenvalue weighted by atomic mass is 10.1. The number of ether oxygens (including phenoxy) is 1. The van der Waals surface area contributed by atoms with Crippen molar-refractivity contribution in [2.45, 2.75) is 58.9 Å². The first-order chi connectivity index (χ1) is 10.1. The third kappa shape index (κ3) is 6.09. The Hall–Kier alpha value is -0.390. The van der Waals surface area contributed by atoms with Crippen LogP contribution in [0.2, 0.25) is 0 Å². The van der Waals surface area contributed by atoms with Crippen LogP contribution in [0.4, 0.5) is 0 Å². The third-order valence-electron chi connectivity index (χ3n) is 3.67. The van der Waals surface area contributed by atoms with Crippen LogP contribution in [0.25, 0.3) is 0 Å². The van der Waals surface area contributed by atoms with Gasteiger partial charge in [0.25, 0.3) is 0 Å². The van der Waals surface area contributed by atoms with E-state index in [0.717, 1.165) is 57.6 Å². The highest BCUT2D eigenvalue weighted by Crippen LogP contribution is 2.23. The Morgan fingerprint density at radius 2 is 2.10 bits per heavy atom. The van der Waals surface area contributed by atoms with Crippen LogP contribution in [0.15, 0.2) is 4.47 Å². The van der Waals surface area contributed by atoms with Crippen LogP contribution < -0.4 is 5.32 Å². The number of aryl methyl sites for hydroxylation is 2. The summed E-state index contributed by atoms with van der Waals surface area (Å²) in [6, 6.07) is 0.488. The standard InChI is InChI=1S/C16H30BrN3O/c1-5-10-18-13(9-8-11-21-7-3)12-15-16(17)14(6-2)19-20(15)4/h13,18H,5-12H2,1-4H3. The fourth-order valence-corrected chi connectivity index (χ4v) is 3.25. The van der Waals surface area contributed by atoms with Gasteiger partial charge in [-0.2, -0.15) is 5.10 Å². The normalized spacial score (nSPS) is 12.8. The molecule has 1 N–H and O–H groups in total. The Balaban J connectivity index is 2.64. The molecule has 1 unspecified atom stereocenters. The third-order valence-corrected chi connectivity index (χ3v) is 4.59. The molecule has 0 saturated heterocycles. The van der Waals surface area contributed by atoms with Gasteiger partial charge < -0.3 is 10.1 Å². The quantitative estimate of drug-likeness (QED) is 0.614. The first-order valence-corrected chi connectivity index (χ1v) is 8.94. The molecular formula is C16H30BrN3O. The van der Waals surface area contributed by atoms with Crippen LogP contribution in [0, 0.1) is 0 Å². The number of rotatable bonds is 11. The minimum absolute atomic E-state index is 0.488. The molecule has 1 aromatic heterocycles. The van der Waals surface area contributed by atoms with Crippen LogP contribution in [0.5, 0.6) is 0 Å². The average molecular weight is 360 g/mol. The molecule has 0 aliphatic rings. The van der Waals surface area contributed by atoms with E-state index in [1.165, 1.54) is 10.2 Å². The zero-order chi connectivity index (χ0) is 15.7. The van der Waals surface area contributed by atoms with Gasteiger partial charge >= 0.3 is 0 Å². The number of halogens is 1. The molecule has 0 radical (unpaired) electrons. The van der Waals surface area contributed by atoms with Crippen molar-refractivity contribution in [1.29, 1.82) is 0 Å². The largest absolute Gasteiger partial charge is 0.382 e. The van der Waals surface area contributed by atoms with Gasteiger partial charge in [0.15, 0.2) is 0 Å². The van der Waals surface area contributed by atoms with Crippen molar-refractivity contribution in [2.24, 2.45) is 7.05 Å². The lowest BCUT2D eigenvalue weighted by Crippen LogP contribution is -2.32. The number of hydrogen-bond acceptors (Lipinski definition) is 3. The maximum Gasteiger partial charge on any atom is 0.0766 e. The Labute approximate surface area is 137 Å². The second kappa shape index (κ2) is 10.4. The summed E-state index contributed by atoms with van der Waals surface area (Å²) in [4.78, 5) is 0. The highest BCUT2D eigenvalue weighted by molar-refractivity contribution is 9.10. The molecule has 5 heteroatoms. The highest BCUT2D eigenvalue weighted by atomic mass is 79.9. The second-order valence-corrected chi connectivity index (χ2v) is 6.17. The van der Waals surface area contributed by atoms with Crippen molar-refractivity contribution < 1.29 is 4.74 Å². The molecule has 21 heavy (non-hydrogen) atoms. The number of nitrogens with one attached hydrogen (secondary N) is 1. The Bertz CT molecular complexity index is 406. The van der Waals surface area contributed by atoms with E-state index >= 15 is 0 Å². The molecule has 0 spiro atoms. The molecule has 0 saturated carbocycles. The molecule has 0 fully saturated rings. The van der Waals surface area contributed by atoms with Crippen LogP contribution in [0.1, 0.15) is 51.4 Å². The molecule has 0 aliphatic heterocycles. The second-order valence-electron chi connectivity index (χ2n) is 5.38. The van der Waals surface area contributed by atoms with Gasteiger partial charge in [-0.25, -0.2) is 0 Å². The monoisotopic (exact) mass is 359 g/mol. The van der Waals surface area contributed by atoms with E-state index in [0.29, 0.717) is 6.04 Å². The smallest absolute Gasteiger partial charge is 0.0766 e. The van der Waals surface area contributed by atoms with E-state index in [1.54, 1.807) is 0 Å². The van der Waals surface area contributed by atoms with Crippen LogP contribution in [-0.2, 0) is 24.6 Å². The number of aromatic nitrogens is 2. The molecule has 0 aromatic carbocycles. The zero-order valence-corrected chi connectivity index (χ0v) is 15.5. The van der Waals surface area contributed by atoms with Gasteiger partial charge in [0.05, 0.1) is 15.9 Å². The summed E-state index contributed by atoms with van der Waals surface area (Å²) >= 11 is 3.72. The van der Waals surface area contributed by atoms with Gasteiger partial charge in [-0.15, -0.1) is 0 Å². The Morgan fingerprint density at radius 3 is 2.67 bits per heavy atom. The summed E-state index contributed by atoms with van der Waals surface area (Å²) in [5.41, 5.74) is 2.44. The fourth-order valence-electron chi connectivity index (χ4n) is 2.48. The summed E-state index contributed by atoms with van der Waals surface area (Å²) in [6.45, 7) is 9.13. The fraction of sp³-hybridized carbons (Fsp3) is 0.812. The summed E-state index contributed by atoms with van der Waals surface area (Å²) in [6.07, 6.45) is 5.38. The van der Waals surface area contributed by atoms with Crippen LogP contribution in [-0.4, -0.2) is 35.6 Å². The molecule has 1 aromatic rings. The van der Waals surface area contributed by atoms with Crippen molar-refractivity contribution >= 4 is 15.9 Å². The van der Waals surface area contributed by atoms with Gasteiger partial charge in [0, 0.05) is 32.7 Å². The topological polar surface area (TPSA) is 39.1 Å². The van der Waals surface area contributed by atoms with E-state index < -0.39 is 0 Å². The number of hydrogen-bond donors (Lipinski definition) is 1. The van der Waals surface area contributed by atoms with E-state index in [9.17, 15) is 0 Å². The molecule has 0 amide bonds. The maximum atomic E-state index is 5.45. The van der Waals surface area contributed by atoms with Gasteiger partial charge in [0.1, 0.15) is 0 Å². The first kappa shape index (κ1) is 18.7. The van der Waals surface area contributed by atoms with E-state index in [2.05, 4.69) is 40.2 Å². The van der Waals surface area contributed by atoms with E-state index in [1.807, 2.05) is 18.7 Å². The number of nitrogens with zero attached hydrogens (tertiary/aromatic N) is 2. The average Bonchev–Trinajstić information content (AvgIpc) is 2.75. The molecule has 4 nitrogen and oxygen atoms in total. The Morgan fingerprint density at radius 1 is 1.33 bits per heavy atom. The van der Waals surface area contributed by atoms with Crippen molar-refractivity contribution in [3.8, 4) is 0 Å². The van der Waals surface area contributed by atoms with Gasteiger partial charge in [-0.1, -0.05) is 13.8 Å². The lowest BCUT2D eigenvalue weighted by molar-refractivity contribution is 0.140. The molecule has 1 atom stereocenters. The van der Waals surface area contributed by atoms with Gasteiger partial charge in [0.2, 0.25) is 0 Å². The van der Waals surface area contributed by atoms with Crippen molar-refractivity contribution in [3.63, 3.8) is 0 Å². The lowest BCUT2D eigenvalue weighted by Gasteiger charge is -2.19. The zero-order valence-electron chi connectivity index (χ0n) is 13.9. The predicted octanol–water partition coefficient (Wildman–Crippen LogP) is 3.47. The first-order valence-electron chi connectivity index (χ1n) is 8.15. The maximum absolute atomic E-state index is 5.45. The predicted molar refractivity (Wildman–Crippen MR) is 91.8 cm³/mol. The van der Waals surface area contributed by atoms with Gasteiger partial charge in [-0.05, 0) is 55.1 Å². The van der Waals surface area contributed by atoms with Crippen LogP contribution >= 0.6 is 15.9 Å². The molecular weight excluding hydrogens is 330 g/mol. The SMILES string of the molecule is CCCNC(CCCOCC)Cc1c(Br)c(CC)nn1C. The van der Waals surface area contributed by atoms with E-state index in [-0.39, 0.29) is 0 Å². The highest BCUT2D eigenvalue weighted by Gasteiger charge is 2.17. The summed E-state index contributed by atoms with van der Waals surface area (Å²) in [5, 5.41) is 8.25. The molecule has 1 rings (SSSR count). The molecule has 122 valence electrons. The minimum Gasteiger partial charge on any atom is -0.382 e. The molecule has 0 aliphatic carbocycles. The van der Waals surface area contributed by atoms with Gasteiger partial charge in [-0.3, -0.25) is 4.68 Å². The Kier molecular flexibility index (Phi) is 9.20.